The van der Waals surface area contributed by atoms with Gasteiger partial charge < -0.3 is 9.90 Å². The maximum absolute atomic E-state index is 10.3. The first-order valence-corrected chi connectivity index (χ1v) is 3.78. The van der Waals surface area contributed by atoms with Crippen LogP contribution in [0.3, 0.4) is 0 Å². The van der Waals surface area contributed by atoms with Gasteiger partial charge in [0, 0.05) is 6.20 Å². The molecule has 0 atom stereocenters. The molecule has 1 rings (SSSR count). The minimum Gasteiger partial charge on any atom is -0.543 e. The Kier molecular flexibility index (Phi) is 4.75. The first-order chi connectivity index (χ1) is 5.61. The van der Waals surface area contributed by atoms with Crippen LogP contribution in [-0.2, 0) is 0 Å². The van der Waals surface area contributed by atoms with E-state index in [1.165, 1.54) is 6.07 Å². The van der Waals surface area contributed by atoms with Gasteiger partial charge in [0.1, 0.15) is 0 Å². The van der Waals surface area contributed by atoms with Crippen LogP contribution in [0, 0.1) is 0 Å². The number of carbonyl (C=O) groups excluding carboxylic acids is 1. The molecule has 0 aromatic carbocycles. The minimum atomic E-state index is -1.23. The van der Waals surface area contributed by atoms with Gasteiger partial charge in [-0.2, -0.15) is 0 Å². The number of carbonyl (C=O) groups is 1. The van der Waals surface area contributed by atoms with E-state index in [1.807, 2.05) is 13.8 Å². The summed E-state index contributed by atoms with van der Waals surface area (Å²) >= 11 is 0. The molecular weight excluding hydrogens is 161 g/mol. The van der Waals surface area contributed by atoms with Crippen molar-refractivity contribution >= 4 is 5.97 Å². The zero-order valence-corrected chi connectivity index (χ0v) is 8.07. The standard InChI is InChI=1S/C9H11NO2.Li/c1-6(2)7-3-4-8(9(11)12)10-5-7;/h3-6H,1-2H3,(H,11,12);/q;+1/p-1. The van der Waals surface area contributed by atoms with E-state index in [9.17, 15) is 9.90 Å². The number of hydrogen-bond acceptors (Lipinski definition) is 3. The average Bonchev–Trinajstić information content (AvgIpc) is 2.04. The third-order valence-corrected chi connectivity index (χ3v) is 1.66. The molecule has 64 valence electrons. The smallest absolute Gasteiger partial charge is 0.543 e. The third-order valence-electron chi connectivity index (χ3n) is 1.66. The van der Waals surface area contributed by atoms with Crippen LogP contribution in [0.15, 0.2) is 18.3 Å². The number of nitrogens with zero attached hydrogens (tertiary/aromatic N) is 1. The average molecular weight is 171 g/mol. The summed E-state index contributed by atoms with van der Waals surface area (Å²) in [5.74, 6) is -0.862. The second kappa shape index (κ2) is 5.06. The van der Waals surface area contributed by atoms with E-state index in [-0.39, 0.29) is 24.6 Å². The molecule has 0 fully saturated rings. The molecule has 0 aliphatic heterocycles. The largest absolute Gasteiger partial charge is 1.00 e. The Labute approximate surface area is 89.4 Å². The fourth-order valence-corrected chi connectivity index (χ4v) is 0.868. The van der Waals surface area contributed by atoms with Crippen molar-refractivity contribution in [1.82, 2.24) is 4.98 Å². The van der Waals surface area contributed by atoms with Gasteiger partial charge in [0.05, 0.1) is 11.7 Å². The zero-order valence-electron chi connectivity index (χ0n) is 8.07. The number of rotatable bonds is 2. The van der Waals surface area contributed by atoms with Crippen LogP contribution in [0.25, 0.3) is 0 Å². The van der Waals surface area contributed by atoms with E-state index in [2.05, 4.69) is 4.98 Å². The van der Waals surface area contributed by atoms with Crippen molar-refractivity contribution in [2.24, 2.45) is 0 Å². The first kappa shape index (κ1) is 12.2. The molecule has 1 aromatic heterocycles. The molecular formula is C9H10LiNO2. The molecule has 0 unspecified atom stereocenters. The van der Waals surface area contributed by atoms with Gasteiger partial charge in [-0.25, -0.2) is 0 Å². The van der Waals surface area contributed by atoms with Gasteiger partial charge in [-0.1, -0.05) is 19.9 Å². The SMILES string of the molecule is CC(C)c1ccc(C(=O)[O-])nc1.[Li+]. The summed E-state index contributed by atoms with van der Waals surface area (Å²) in [6, 6.07) is 3.22. The van der Waals surface area contributed by atoms with Gasteiger partial charge in [-0.05, 0) is 17.5 Å². The summed E-state index contributed by atoms with van der Waals surface area (Å²) in [5.41, 5.74) is 1.01. The minimum absolute atomic E-state index is 0. The van der Waals surface area contributed by atoms with Crippen LogP contribution >= 0.6 is 0 Å². The molecule has 0 saturated carbocycles. The van der Waals surface area contributed by atoms with Crippen molar-refractivity contribution in [1.29, 1.82) is 0 Å². The molecule has 4 heteroatoms. The number of carboxylic acids is 1. The maximum Gasteiger partial charge on any atom is 1.00 e. The molecule has 3 nitrogen and oxygen atoms in total. The fraction of sp³-hybridized carbons (Fsp3) is 0.333. The van der Waals surface area contributed by atoms with Crippen LogP contribution in [-0.4, -0.2) is 11.0 Å². The van der Waals surface area contributed by atoms with Crippen LogP contribution in [0.1, 0.15) is 35.8 Å². The van der Waals surface area contributed by atoms with E-state index in [0.29, 0.717) is 5.92 Å². The van der Waals surface area contributed by atoms with E-state index < -0.39 is 5.97 Å². The van der Waals surface area contributed by atoms with Crippen molar-refractivity contribution < 1.29 is 28.8 Å². The van der Waals surface area contributed by atoms with Crippen molar-refractivity contribution in [2.45, 2.75) is 19.8 Å². The van der Waals surface area contributed by atoms with E-state index in [1.54, 1.807) is 12.3 Å². The Hall–Kier alpha value is -0.783. The Balaban J connectivity index is 0.00000144. The Morgan fingerprint density at radius 2 is 2.08 bits per heavy atom. The number of carboxylic acid groups (broad SMARTS) is 1. The van der Waals surface area contributed by atoms with Crippen LogP contribution in [0.5, 0.6) is 0 Å². The summed E-state index contributed by atoms with van der Waals surface area (Å²) < 4.78 is 0. The number of aromatic nitrogens is 1. The topological polar surface area (TPSA) is 53.0 Å². The summed E-state index contributed by atoms with van der Waals surface area (Å²) in [4.78, 5) is 14.0. The summed E-state index contributed by atoms with van der Waals surface area (Å²) in [6.07, 6.45) is 1.57. The number of hydrogen-bond donors (Lipinski definition) is 0. The molecule has 0 radical (unpaired) electrons. The molecule has 0 bridgehead atoms. The predicted octanol–water partition coefficient (Wildman–Crippen LogP) is -2.43. The van der Waals surface area contributed by atoms with Crippen LogP contribution in [0.2, 0.25) is 0 Å². The van der Waals surface area contributed by atoms with Crippen molar-refractivity contribution in [3.8, 4) is 0 Å². The monoisotopic (exact) mass is 171 g/mol. The van der Waals surface area contributed by atoms with Gasteiger partial charge in [0.25, 0.3) is 0 Å². The summed E-state index contributed by atoms with van der Waals surface area (Å²) in [6.45, 7) is 4.05. The normalized spacial score (nSPS) is 9.46. The number of pyridine rings is 1. The Bertz CT molecular complexity index is 282. The summed E-state index contributed by atoms with van der Waals surface area (Å²) in [7, 11) is 0. The first-order valence-electron chi connectivity index (χ1n) is 3.78. The molecule has 0 aliphatic carbocycles. The van der Waals surface area contributed by atoms with Crippen LogP contribution < -0.4 is 24.0 Å². The molecule has 1 aromatic rings. The zero-order chi connectivity index (χ0) is 9.14. The van der Waals surface area contributed by atoms with E-state index in [0.717, 1.165) is 5.56 Å². The van der Waals surface area contributed by atoms with Crippen molar-refractivity contribution in [3.05, 3.63) is 29.6 Å². The molecule has 1 heterocycles. The maximum atomic E-state index is 10.3. The van der Waals surface area contributed by atoms with Gasteiger partial charge >= 0.3 is 18.9 Å². The number of aromatic carboxylic acids is 1. The van der Waals surface area contributed by atoms with Crippen molar-refractivity contribution in [3.63, 3.8) is 0 Å². The molecule has 0 N–H and O–H groups in total. The van der Waals surface area contributed by atoms with Crippen LogP contribution in [0.4, 0.5) is 0 Å². The van der Waals surface area contributed by atoms with Gasteiger partial charge in [-0.15, -0.1) is 0 Å². The van der Waals surface area contributed by atoms with Crippen molar-refractivity contribution in [2.75, 3.05) is 0 Å². The van der Waals surface area contributed by atoms with Gasteiger partial charge in [-0.3, -0.25) is 4.98 Å². The van der Waals surface area contributed by atoms with Gasteiger partial charge in [0.2, 0.25) is 0 Å². The molecule has 13 heavy (non-hydrogen) atoms. The Morgan fingerprint density at radius 1 is 1.46 bits per heavy atom. The molecule has 0 spiro atoms. The van der Waals surface area contributed by atoms with Gasteiger partial charge in [0.15, 0.2) is 0 Å². The third kappa shape index (κ3) is 3.21. The Morgan fingerprint density at radius 3 is 2.38 bits per heavy atom. The summed E-state index contributed by atoms with van der Waals surface area (Å²) in [5, 5.41) is 10.3. The van der Waals surface area contributed by atoms with E-state index >= 15 is 0 Å². The second-order valence-electron chi connectivity index (χ2n) is 2.92. The predicted molar refractivity (Wildman–Crippen MR) is 42.7 cm³/mol. The molecule has 0 amide bonds. The van der Waals surface area contributed by atoms with E-state index in [4.69, 9.17) is 0 Å². The molecule has 0 aliphatic rings. The molecule has 0 saturated heterocycles. The quantitative estimate of drug-likeness (QED) is 0.465. The second-order valence-corrected chi connectivity index (χ2v) is 2.92. The fourth-order valence-electron chi connectivity index (χ4n) is 0.868.